The molecule has 0 radical (unpaired) electrons. The largest absolute Gasteiger partial charge is 0.507 e. The van der Waals surface area contributed by atoms with Crippen LogP contribution in [0.2, 0.25) is 0 Å². The van der Waals surface area contributed by atoms with E-state index in [4.69, 9.17) is 0 Å². The molecule has 0 spiro atoms. The maximum absolute atomic E-state index is 11.2. The van der Waals surface area contributed by atoms with Crippen LogP contribution >= 0.6 is 0 Å². The standard InChI is InChI=1S/C27H40O4/c1-6-27(4,5)24-16-20(10-8-12-29)14-22(26(24)31)17-21-13-19(9-7-11-28)15-23(18(2)3)25(21)30/h13-16,18,28-31H,6-12,17H2,1-5H3. The molecule has 0 aromatic heterocycles. The molecular weight excluding hydrogens is 388 g/mol. The summed E-state index contributed by atoms with van der Waals surface area (Å²) in [4.78, 5) is 0. The van der Waals surface area contributed by atoms with Gasteiger partial charge in [-0.15, -0.1) is 0 Å². The molecule has 31 heavy (non-hydrogen) atoms. The van der Waals surface area contributed by atoms with Gasteiger partial charge in [0.25, 0.3) is 0 Å². The Kier molecular flexibility index (Phi) is 8.96. The summed E-state index contributed by atoms with van der Waals surface area (Å²) in [6, 6.07) is 8.11. The highest BCUT2D eigenvalue weighted by Crippen LogP contribution is 2.40. The zero-order valence-electron chi connectivity index (χ0n) is 19.8. The third-order valence-electron chi connectivity index (χ3n) is 6.39. The van der Waals surface area contributed by atoms with Crippen molar-refractivity contribution in [3.05, 3.63) is 57.6 Å². The fraction of sp³-hybridized carbons (Fsp3) is 0.556. The summed E-state index contributed by atoms with van der Waals surface area (Å²) >= 11 is 0. The van der Waals surface area contributed by atoms with Gasteiger partial charge >= 0.3 is 0 Å². The SMILES string of the molecule is CCC(C)(C)c1cc(CCCO)cc(Cc2cc(CCCO)cc(C(C)C)c2O)c1O. The Labute approximate surface area is 187 Å². The van der Waals surface area contributed by atoms with Gasteiger partial charge in [-0.05, 0) is 71.3 Å². The van der Waals surface area contributed by atoms with E-state index in [0.29, 0.717) is 30.8 Å². The lowest BCUT2D eigenvalue weighted by atomic mass is 9.79. The lowest BCUT2D eigenvalue weighted by molar-refractivity contribution is 0.288. The van der Waals surface area contributed by atoms with Gasteiger partial charge in [0.2, 0.25) is 0 Å². The molecule has 172 valence electrons. The Morgan fingerprint density at radius 1 is 0.806 bits per heavy atom. The van der Waals surface area contributed by atoms with Gasteiger partial charge in [0.05, 0.1) is 0 Å². The van der Waals surface area contributed by atoms with Crippen molar-refractivity contribution in [2.45, 2.75) is 84.5 Å². The van der Waals surface area contributed by atoms with Crippen molar-refractivity contribution in [3.63, 3.8) is 0 Å². The molecule has 0 aliphatic heterocycles. The van der Waals surface area contributed by atoms with Gasteiger partial charge in [-0.25, -0.2) is 0 Å². The molecule has 2 aromatic rings. The minimum Gasteiger partial charge on any atom is -0.507 e. The van der Waals surface area contributed by atoms with E-state index in [1.807, 2.05) is 18.2 Å². The Balaban J connectivity index is 2.58. The number of phenolic OH excluding ortho intramolecular Hbond substituents is 2. The van der Waals surface area contributed by atoms with Crippen molar-refractivity contribution in [2.24, 2.45) is 0 Å². The van der Waals surface area contributed by atoms with Crippen molar-refractivity contribution >= 4 is 0 Å². The zero-order chi connectivity index (χ0) is 23.2. The molecule has 0 saturated carbocycles. The van der Waals surface area contributed by atoms with E-state index in [2.05, 4.69) is 40.7 Å². The second-order valence-corrected chi connectivity index (χ2v) is 9.57. The Morgan fingerprint density at radius 2 is 1.32 bits per heavy atom. The van der Waals surface area contributed by atoms with Gasteiger partial charge < -0.3 is 20.4 Å². The minimum atomic E-state index is -0.178. The number of hydrogen-bond acceptors (Lipinski definition) is 4. The topological polar surface area (TPSA) is 80.9 Å². The van der Waals surface area contributed by atoms with Gasteiger partial charge in [0.15, 0.2) is 0 Å². The molecule has 0 fully saturated rings. The maximum atomic E-state index is 11.2. The number of aromatic hydroxyl groups is 2. The van der Waals surface area contributed by atoms with E-state index in [1.165, 1.54) is 0 Å². The Hall–Kier alpha value is -2.04. The number of rotatable bonds is 11. The van der Waals surface area contributed by atoms with E-state index in [0.717, 1.165) is 52.6 Å². The predicted molar refractivity (Wildman–Crippen MR) is 127 cm³/mol. The molecule has 0 amide bonds. The number of benzene rings is 2. The zero-order valence-corrected chi connectivity index (χ0v) is 19.8. The van der Waals surface area contributed by atoms with Crippen LogP contribution in [-0.4, -0.2) is 33.6 Å². The first-order chi connectivity index (χ1) is 14.6. The molecule has 0 heterocycles. The number of phenols is 2. The number of hydrogen-bond donors (Lipinski definition) is 4. The van der Waals surface area contributed by atoms with Crippen LogP contribution < -0.4 is 0 Å². The highest BCUT2D eigenvalue weighted by molar-refractivity contribution is 5.53. The molecule has 4 heteroatoms. The average molecular weight is 429 g/mol. The third-order valence-corrected chi connectivity index (χ3v) is 6.39. The first-order valence-electron chi connectivity index (χ1n) is 11.6. The smallest absolute Gasteiger partial charge is 0.122 e. The van der Waals surface area contributed by atoms with Crippen molar-refractivity contribution < 1.29 is 20.4 Å². The fourth-order valence-electron chi connectivity index (χ4n) is 4.02. The summed E-state index contributed by atoms with van der Waals surface area (Å²) in [6.07, 6.45) is 4.18. The first-order valence-corrected chi connectivity index (χ1v) is 11.6. The van der Waals surface area contributed by atoms with Crippen LogP contribution in [0.4, 0.5) is 0 Å². The lowest BCUT2D eigenvalue weighted by Gasteiger charge is -2.27. The first kappa shape index (κ1) is 25.2. The maximum Gasteiger partial charge on any atom is 0.122 e. The quantitative estimate of drug-likeness (QED) is 0.389. The minimum absolute atomic E-state index is 0.133. The Bertz CT molecular complexity index is 868. The van der Waals surface area contributed by atoms with Crippen LogP contribution in [0, 0.1) is 0 Å². The molecule has 0 atom stereocenters. The van der Waals surface area contributed by atoms with Crippen molar-refractivity contribution in [2.75, 3.05) is 13.2 Å². The number of aliphatic hydroxyl groups excluding tert-OH is 2. The summed E-state index contributed by atoms with van der Waals surface area (Å²) in [5.41, 5.74) is 5.43. The normalized spacial score (nSPS) is 12.0. The van der Waals surface area contributed by atoms with E-state index in [1.54, 1.807) is 0 Å². The Morgan fingerprint density at radius 3 is 1.81 bits per heavy atom. The van der Waals surface area contributed by atoms with E-state index < -0.39 is 0 Å². The number of aryl methyl sites for hydroxylation is 2. The fourth-order valence-corrected chi connectivity index (χ4v) is 4.02. The number of aliphatic hydroxyl groups is 2. The van der Waals surface area contributed by atoms with E-state index >= 15 is 0 Å². The van der Waals surface area contributed by atoms with Crippen LogP contribution in [0.5, 0.6) is 11.5 Å². The van der Waals surface area contributed by atoms with Crippen LogP contribution in [0.15, 0.2) is 24.3 Å². The summed E-state index contributed by atoms with van der Waals surface area (Å²) in [5, 5.41) is 40.7. The van der Waals surface area contributed by atoms with Crippen LogP contribution in [-0.2, 0) is 24.7 Å². The summed E-state index contributed by atoms with van der Waals surface area (Å²) < 4.78 is 0. The van der Waals surface area contributed by atoms with Gasteiger partial charge in [-0.3, -0.25) is 0 Å². The van der Waals surface area contributed by atoms with Gasteiger partial charge in [0.1, 0.15) is 11.5 Å². The molecule has 0 bridgehead atoms. The molecule has 0 aliphatic rings. The second-order valence-electron chi connectivity index (χ2n) is 9.57. The summed E-state index contributed by atoms with van der Waals surface area (Å²) in [7, 11) is 0. The molecular formula is C27H40O4. The monoisotopic (exact) mass is 428 g/mol. The molecule has 2 rings (SSSR count). The highest BCUT2D eigenvalue weighted by Gasteiger charge is 2.25. The average Bonchev–Trinajstić information content (AvgIpc) is 2.73. The summed E-state index contributed by atoms with van der Waals surface area (Å²) in [5.74, 6) is 0.761. The van der Waals surface area contributed by atoms with Gasteiger partial charge in [-0.1, -0.05) is 58.9 Å². The van der Waals surface area contributed by atoms with Crippen molar-refractivity contribution in [1.29, 1.82) is 0 Å². The summed E-state index contributed by atoms with van der Waals surface area (Å²) in [6.45, 7) is 10.8. The molecule has 4 N–H and O–H groups in total. The van der Waals surface area contributed by atoms with Crippen LogP contribution in [0.3, 0.4) is 0 Å². The van der Waals surface area contributed by atoms with Crippen LogP contribution in [0.25, 0.3) is 0 Å². The van der Waals surface area contributed by atoms with Crippen LogP contribution in [0.1, 0.15) is 93.2 Å². The molecule has 0 saturated heterocycles. The predicted octanol–water partition coefficient (Wildman–Crippen LogP) is 5.35. The molecule has 0 unspecified atom stereocenters. The van der Waals surface area contributed by atoms with E-state index in [9.17, 15) is 20.4 Å². The van der Waals surface area contributed by atoms with Crippen molar-refractivity contribution in [1.82, 2.24) is 0 Å². The third kappa shape index (κ3) is 6.24. The highest BCUT2D eigenvalue weighted by atomic mass is 16.3. The molecule has 4 nitrogen and oxygen atoms in total. The van der Waals surface area contributed by atoms with Gasteiger partial charge in [0, 0.05) is 25.2 Å². The molecule has 0 aliphatic carbocycles. The van der Waals surface area contributed by atoms with Crippen molar-refractivity contribution in [3.8, 4) is 11.5 Å². The lowest BCUT2D eigenvalue weighted by Crippen LogP contribution is -2.17. The molecule has 2 aromatic carbocycles. The van der Waals surface area contributed by atoms with Gasteiger partial charge in [-0.2, -0.15) is 0 Å². The second kappa shape index (κ2) is 11.0. The van der Waals surface area contributed by atoms with E-state index in [-0.39, 0.29) is 24.5 Å².